The zero-order valence-electron chi connectivity index (χ0n) is 9.03. The fourth-order valence-electron chi connectivity index (χ4n) is 1.15. The van der Waals surface area contributed by atoms with Gasteiger partial charge >= 0.3 is 0 Å². The molecule has 1 heterocycles. The van der Waals surface area contributed by atoms with E-state index in [-0.39, 0.29) is 0 Å². The molecule has 0 spiro atoms. The average Bonchev–Trinajstić information content (AvgIpc) is 2.39. The van der Waals surface area contributed by atoms with Crippen LogP contribution in [-0.2, 0) is 7.05 Å². The van der Waals surface area contributed by atoms with E-state index in [0.29, 0.717) is 18.2 Å². The highest BCUT2D eigenvalue weighted by molar-refractivity contribution is 5.45. The summed E-state index contributed by atoms with van der Waals surface area (Å²) in [5, 5.41) is 4.08. The Bertz CT molecular complexity index is 282. The summed E-state index contributed by atoms with van der Waals surface area (Å²) in [5.41, 5.74) is 6.26. The summed E-state index contributed by atoms with van der Waals surface area (Å²) in [6, 6.07) is 0. The van der Waals surface area contributed by atoms with E-state index in [0.717, 1.165) is 13.0 Å². The second-order valence-corrected chi connectivity index (χ2v) is 3.57. The maximum Gasteiger partial charge on any atom is 0.256 e. The van der Waals surface area contributed by atoms with Crippen molar-refractivity contribution in [1.29, 1.82) is 0 Å². The number of nitrogen functional groups attached to an aromatic ring is 1. The zero-order chi connectivity index (χ0) is 10.6. The Morgan fingerprint density at radius 2 is 2.29 bits per heavy atom. The van der Waals surface area contributed by atoms with Crippen LogP contribution in [0.25, 0.3) is 0 Å². The highest BCUT2D eigenvalue weighted by Crippen LogP contribution is 2.16. The summed E-state index contributed by atoms with van der Waals surface area (Å²) in [4.78, 5) is 2.12. The molecule has 0 aromatic carbocycles. The molecule has 0 saturated carbocycles. The molecule has 0 bridgehead atoms. The second kappa shape index (κ2) is 4.85. The lowest BCUT2D eigenvalue weighted by atomic mass is 10.4. The van der Waals surface area contributed by atoms with Crippen LogP contribution in [0.15, 0.2) is 6.20 Å². The molecule has 0 amide bonds. The topological polar surface area (TPSA) is 56.3 Å². The minimum Gasteiger partial charge on any atom is -0.475 e. The zero-order valence-corrected chi connectivity index (χ0v) is 9.03. The summed E-state index contributed by atoms with van der Waals surface area (Å²) in [6.45, 7) is 1.66. The van der Waals surface area contributed by atoms with Gasteiger partial charge in [-0.15, -0.1) is 5.10 Å². The Morgan fingerprint density at radius 3 is 2.79 bits per heavy atom. The fraction of sp³-hybridized carbons (Fsp3) is 0.667. The summed E-state index contributed by atoms with van der Waals surface area (Å²) in [5.74, 6) is 0.534. The van der Waals surface area contributed by atoms with Crippen LogP contribution >= 0.6 is 0 Å². The van der Waals surface area contributed by atoms with E-state index in [4.69, 9.17) is 10.5 Å². The molecular formula is C9H18N4O. The predicted octanol–water partition coefficient (Wildman–Crippen LogP) is 0.333. The Morgan fingerprint density at radius 1 is 1.57 bits per heavy atom. The number of anilines is 1. The van der Waals surface area contributed by atoms with Gasteiger partial charge in [-0.25, -0.2) is 0 Å². The van der Waals surface area contributed by atoms with E-state index in [1.165, 1.54) is 0 Å². The number of rotatable bonds is 5. The lowest BCUT2D eigenvalue weighted by molar-refractivity contribution is 0.272. The first kappa shape index (κ1) is 10.8. The maximum atomic E-state index is 5.66. The van der Waals surface area contributed by atoms with E-state index in [1.54, 1.807) is 10.9 Å². The molecule has 0 unspecified atom stereocenters. The smallest absolute Gasteiger partial charge is 0.256 e. The molecule has 0 fully saturated rings. The molecule has 1 rings (SSSR count). The minimum atomic E-state index is 0.534. The van der Waals surface area contributed by atoms with Crippen LogP contribution in [0.5, 0.6) is 5.88 Å². The van der Waals surface area contributed by atoms with Gasteiger partial charge in [-0.05, 0) is 20.5 Å². The third-order valence-electron chi connectivity index (χ3n) is 1.81. The lowest BCUT2D eigenvalue weighted by Gasteiger charge is -2.09. The molecule has 5 heteroatoms. The van der Waals surface area contributed by atoms with Crippen molar-refractivity contribution in [2.45, 2.75) is 6.42 Å². The van der Waals surface area contributed by atoms with E-state index in [2.05, 4.69) is 10.00 Å². The normalized spacial score (nSPS) is 10.9. The SMILES string of the molecule is CN(C)CCCOc1nn(C)cc1N. The lowest BCUT2D eigenvalue weighted by Crippen LogP contribution is -2.15. The largest absolute Gasteiger partial charge is 0.475 e. The molecule has 0 atom stereocenters. The van der Waals surface area contributed by atoms with E-state index in [1.807, 2.05) is 21.1 Å². The van der Waals surface area contributed by atoms with Gasteiger partial charge in [-0.2, -0.15) is 0 Å². The maximum absolute atomic E-state index is 5.66. The summed E-state index contributed by atoms with van der Waals surface area (Å²) in [7, 11) is 5.90. The van der Waals surface area contributed by atoms with Gasteiger partial charge in [-0.3, -0.25) is 4.68 Å². The van der Waals surface area contributed by atoms with Gasteiger partial charge in [0.25, 0.3) is 5.88 Å². The number of nitrogens with zero attached hydrogens (tertiary/aromatic N) is 3. The molecule has 80 valence electrons. The molecule has 2 N–H and O–H groups in total. The summed E-state index contributed by atoms with van der Waals surface area (Å²) >= 11 is 0. The van der Waals surface area contributed by atoms with Gasteiger partial charge in [0.15, 0.2) is 0 Å². The third-order valence-corrected chi connectivity index (χ3v) is 1.81. The highest BCUT2D eigenvalue weighted by atomic mass is 16.5. The minimum absolute atomic E-state index is 0.534. The van der Waals surface area contributed by atoms with Crippen molar-refractivity contribution < 1.29 is 4.74 Å². The van der Waals surface area contributed by atoms with Crippen molar-refractivity contribution in [3.05, 3.63) is 6.20 Å². The van der Waals surface area contributed by atoms with Gasteiger partial charge in [-0.1, -0.05) is 0 Å². The van der Waals surface area contributed by atoms with Crippen LogP contribution in [0.1, 0.15) is 6.42 Å². The summed E-state index contributed by atoms with van der Waals surface area (Å²) in [6.07, 6.45) is 2.71. The van der Waals surface area contributed by atoms with Crippen molar-refractivity contribution >= 4 is 5.69 Å². The number of ether oxygens (including phenoxy) is 1. The van der Waals surface area contributed by atoms with Crippen molar-refractivity contribution in [3.63, 3.8) is 0 Å². The first-order valence-electron chi connectivity index (χ1n) is 4.66. The van der Waals surface area contributed by atoms with Crippen LogP contribution in [0.4, 0.5) is 5.69 Å². The third kappa shape index (κ3) is 3.26. The van der Waals surface area contributed by atoms with Crippen LogP contribution in [0, 0.1) is 0 Å². The standard InChI is InChI=1S/C9H18N4O/c1-12(2)5-4-6-14-9-8(10)7-13(3)11-9/h7H,4-6,10H2,1-3H3. The molecule has 1 aromatic rings. The predicted molar refractivity (Wildman–Crippen MR) is 56.3 cm³/mol. The molecule has 1 aromatic heterocycles. The van der Waals surface area contributed by atoms with Crippen molar-refractivity contribution in [2.24, 2.45) is 7.05 Å². The number of aromatic nitrogens is 2. The van der Waals surface area contributed by atoms with Crippen LogP contribution < -0.4 is 10.5 Å². The quantitative estimate of drug-likeness (QED) is 0.693. The number of nitrogens with two attached hydrogens (primary N) is 1. The van der Waals surface area contributed by atoms with E-state index >= 15 is 0 Å². The number of aryl methyl sites for hydroxylation is 1. The Balaban J connectivity index is 2.28. The van der Waals surface area contributed by atoms with Gasteiger partial charge in [0, 0.05) is 13.6 Å². The Labute approximate surface area is 84.4 Å². The number of hydrogen-bond donors (Lipinski definition) is 1. The summed E-state index contributed by atoms with van der Waals surface area (Å²) < 4.78 is 7.07. The Hall–Kier alpha value is -1.23. The van der Waals surface area contributed by atoms with Crippen molar-refractivity contribution in [3.8, 4) is 5.88 Å². The van der Waals surface area contributed by atoms with Crippen LogP contribution in [-0.4, -0.2) is 41.9 Å². The molecule has 0 saturated heterocycles. The van der Waals surface area contributed by atoms with Gasteiger partial charge < -0.3 is 15.4 Å². The van der Waals surface area contributed by atoms with Crippen LogP contribution in [0.3, 0.4) is 0 Å². The average molecular weight is 198 g/mol. The fourth-order valence-corrected chi connectivity index (χ4v) is 1.15. The highest BCUT2D eigenvalue weighted by Gasteiger charge is 2.04. The van der Waals surface area contributed by atoms with Gasteiger partial charge in [0.05, 0.1) is 12.8 Å². The molecular weight excluding hydrogens is 180 g/mol. The Kier molecular flexibility index (Phi) is 3.76. The van der Waals surface area contributed by atoms with Crippen LogP contribution in [0.2, 0.25) is 0 Å². The number of hydrogen-bond acceptors (Lipinski definition) is 4. The van der Waals surface area contributed by atoms with Crippen molar-refractivity contribution in [2.75, 3.05) is 33.0 Å². The molecule has 0 aliphatic carbocycles. The molecule has 0 aliphatic rings. The monoisotopic (exact) mass is 198 g/mol. The molecule has 0 aliphatic heterocycles. The molecule has 14 heavy (non-hydrogen) atoms. The van der Waals surface area contributed by atoms with Gasteiger partial charge in [0.2, 0.25) is 0 Å². The van der Waals surface area contributed by atoms with Gasteiger partial charge in [0.1, 0.15) is 5.69 Å². The first-order valence-corrected chi connectivity index (χ1v) is 4.66. The molecule has 5 nitrogen and oxygen atoms in total. The van der Waals surface area contributed by atoms with E-state index < -0.39 is 0 Å². The molecule has 0 radical (unpaired) electrons. The first-order chi connectivity index (χ1) is 6.59. The van der Waals surface area contributed by atoms with E-state index in [9.17, 15) is 0 Å². The van der Waals surface area contributed by atoms with Crippen molar-refractivity contribution in [1.82, 2.24) is 14.7 Å². The second-order valence-electron chi connectivity index (χ2n) is 3.57.